The van der Waals surface area contributed by atoms with E-state index in [0.29, 0.717) is 6.61 Å². The maximum Gasteiger partial charge on any atom is 0.226 e. The van der Waals surface area contributed by atoms with Crippen LogP contribution in [0.5, 0.6) is 0 Å². The molecule has 2 fully saturated rings. The average Bonchev–Trinajstić information content (AvgIpc) is 3.18. The minimum atomic E-state index is 0.178. The number of piperidine rings is 1. The second-order valence-electron chi connectivity index (χ2n) is 5.32. The van der Waals surface area contributed by atoms with Crippen molar-refractivity contribution in [1.82, 2.24) is 10.2 Å². The summed E-state index contributed by atoms with van der Waals surface area (Å²) in [5, 5.41) is 3.28. The molecular formula is C13H24N2O2. The highest BCUT2D eigenvalue weighted by atomic mass is 16.5. The monoisotopic (exact) mass is 240 g/mol. The molecular weight excluding hydrogens is 216 g/mol. The van der Waals surface area contributed by atoms with Crippen molar-refractivity contribution in [3.05, 3.63) is 0 Å². The molecule has 4 heteroatoms. The fourth-order valence-corrected chi connectivity index (χ4v) is 2.22. The lowest BCUT2D eigenvalue weighted by Crippen LogP contribution is -2.42. The summed E-state index contributed by atoms with van der Waals surface area (Å²) >= 11 is 0. The van der Waals surface area contributed by atoms with Gasteiger partial charge in [0.15, 0.2) is 0 Å². The number of likely N-dealkylation sites (N-methyl/N-ethyl adjacent to an activating group) is 1. The zero-order valence-electron chi connectivity index (χ0n) is 10.8. The summed E-state index contributed by atoms with van der Waals surface area (Å²) in [7, 11) is 1.89. The van der Waals surface area contributed by atoms with Crippen molar-refractivity contribution in [2.24, 2.45) is 11.8 Å². The number of amides is 1. The topological polar surface area (TPSA) is 41.6 Å². The predicted molar refractivity (Wildman–Crippen MR) is 66.8 cm³/mol. The van der Waals surface area contributed by atoms with Crippen molar-refractivity contribution < 1.29 is 9.53 Å². The van der Waals surface area contributed by atoms with Crippen LogP contribution in [0.25, 0.3) is 0 Å². The molecule has 1 atom stereocenters. The van der Waals surface area contributed by atoms with Crippen LogP contribution in [0.2, 0.25) is 0 Å². The van der Waals surface area contributed by atoms with E-state index in [1.54, 1.807) is 0 Å². The molecule has 1 N–H and O–H groups in total. The van der Waals surface area contributed by atoms with Crippen LogP contribution < -0.4 is 5.32 Å². The molecule has 1 amide bonds. The Morgan fingerprint density at radius 1 is 1.41 bits per heavy atom. The van der Waals surface area contributed by atoms with Gasteiger partial charge < -0.3 is 15.0 Å². The Balaban J connectivity index is 1.59. The van der Waals surface area contributed by atoms with Gasteiger partial charge in [-0.2, -0.15) is 0 Å². The summed E-state index contributed by atoms with van der Waals surface area (Å²) in [5.74, 6) is 1.25. The Bertz CT molecular complexity index is 248. The molecule has 1 unspecified atom stereocenters. The number of ether oxygens (including phenoxy) is 1. The van der Waals surface area contributed by atoms with Crippen molar-refractivity contribution in [3.63, 3.8) is 0 Å². The van der Waals surface area contributed by atoms with Gasteiger partial charge in [-0.15, -0.1) is 0 Å². The molecule has 1 heterocycles. The Morgan fingerprint density at radius 2 is 2.24 bits per heavy atom. The highest BCUT2D eigenvalue weighted by molar-refractivity contribution is 5.78. The zero-order valence-corrected chi connectivity index (χ0v) is 10.8. The van der Waals surface area contributed by atoms with E-state index in [1.807, 2.05) is 11.9 Å². The highest BCUT2D eigenvalue weighted by Gasteiger charge is 2.24. The minimum Gasteiger partial charge on any atom is -0.379 e. The first-order chi connectivity index (χ1) is 8.27. The Hall–Kier alpha value is -0.610. The van der Waals surface area contributed by atoms with E-state index in [-0.39, 0.29) is 11.8 Å². The van der Waals surface area contributed by atoms with Gasteiger partial charge in [-0.05, 0) is 38.1 Å². The normalized spacial score (nSPS) is 24.6. The summed E-state index contributed by atoms with van der Waals surface area (Å²) in [6, 6.07) is 0. The number of carbonyl (C=O) groups is 1. The summed E-state index contributed by atoms with van der Waals surface area (Å²) in [5.41, 5.74) is 0. The lowest BCUT2D eigenvalue weighted by atomic mass is 9.98. The second kappa shape index (κ2) is 6.36. The van der Waals surface area contributed by atoms with Gasteiger partial charge in [0.05, 0.1) is 12.5 Å². The van der Waals surface area contributed by atoms with Crippen LogP contribution in [-0.2, 0) is 9.53 Å². The molecule has 98 valence electrons. The van der Waals surface area contributed by atoms with Crippen LogP contribution in [0.1, 0.15) is 25.7 Å². The molecule has 4 nitrogen and oxygen atoms in total. The summed E-state index contributed by atoms with van der Waals surface area (Å²) < 4.78 is 5.56. The number of nitrogens with one attached hydrogen (secondary N) is 1. The molecule has 0 aromatic carbocycles. The Labute approximate surface area is 104 Å². The molecule has 1 aliphatic carbocycles. The molecule has 1 saturated carbocycles. The van der Waals surface area contributed by atoms with E-state index < -0.39 is 0 Å². The van der Waals surface area contributed by atoms with Gasteiger partial charge >= 0.3 is 0 Å². The fraction of sp³-hybridized carbons (Fsp3) is 0.923. The Kier molecular flexibility index (Phi) is 4.80. The van der Waals surface area contributed by atoms with Crippen molar-refractivity contribution in [3.8, 4) is 0 Å². The molecule has 0 bridgehead atoms. The second-order valence-corrected chi connectivity index (χ2v) is 5.32. The third kappa shape index (κ3) is 4.28. The minimum absolute atomic E-state index is 0.178. The molecule has 0 aromatic heterocycles. The summed E-state index contributed by atoms with van der Waals surface area (Å²) in [6.45, 7) is 4.18. The number of carbonyl (C=O) groups excluding carboxylic acids is 1. The van der Waals surface area contributed by atoms with Crippen molar-refractivity contribution >= 4 is 5.91 Å². The molecule has 1 aliphatic heterocycles. The van der Waals surface area contributed by atoms with Gasteiger partial charge in [0.2, 0.25) is 5.91 Å². The van der Waals surface area contributed by atoms with Crippen LogP contribution in [0, 0.1) is 11.8 Å². The van der Waals surface area contributed by atoms with Gasteiger partial charge in [0, 0.05) is 26.7 Å². The lowest BCUT2D eigenvalue weighted by molar-refractivity contribution is -0.135. The van der Waals surface area contributed by atoms with E-state index >= 15 is 0 Å². The number of rotatable bonds is 6. The lowest BCUT2D eigenvalue weighted by Gasteiger charge is -2.26. The smallest absolute Gasteiger partial charge is 0.226 e. The van der Waals surface area contributed by atoms with Gasteiger partial charge in [0.25, 0.3) is 0 Å². The number of nitrogens with zero attached hydrogens (tertiary/aromatic N) is 1. The van der Waals surface area contributed by atoms with E-state index in [0.717, 1.165) is 45.0 Å². The van der Waals surface area contributed by atoms with Crippen molar-refractivity contribution in [2.45, 2.75) is 25.7 Å². The molecule has 0 spiro atoms. The Morgan fingerprint density at radius 3 is 2.88 bits per heavy atom. The average molecular weight is 240 g/mol. The van der Waals surface area contributed by atoms with Crippen LogP contribution in [0.15, 0.2) is 0 Å². The molecule has 0 aromatic rings. The van der Waals surface area contributed by atoms with Gasteiger partial charge in [-0.3, -0.25) is 4.79 Å². The molecule has 1 saturated heterocycles. The van der Waals surface area contributed by atoms with Crippen molar-refractivity contribution in [1.29, 1.82) is 0 Å². The number of hydrogen-bond donors (Lipinski definition) is 1. The van der Waals surface area contributed by atoms with Gasteiger partial charge in [-0.1, -0.05) is 0 Å². The van der Waals surface area contributed by atoms with Crippen LogP contribution >= 0.6 is 0 Å². The van der Waals surface area contributed by atoms with Crippen LogP contribution in [0.3, 0.4) is 0 Å². The molecule has 0 radical (unpaired) electrons. The predicted octanol–water partition coefficient (Wildman–Crippen LogP) is 0.871. The number of hydrogen-bond acceptors (Lipinski definition) is 3. The van der Waals surface area contributed by atoms with E-state index in [9.17, 15) is 4.79 Å². The standard InChI is InChI=1S/C13H24N2O2/c1-15(7-8-17-10-11-4-5-11)13(16)12-3-2-6-14-9-12/h11-12,14H,2-10H2,1H3. The molecule has 2 aliphatic rings. The van der Waals surface area contributed by atoms with Gasteiger partial charge in [0.1, 0.15) is 0 Å². The highest BCUT2D eigenvalue weighted by Crippen LogP contribution is 2.28. The fourth-order valence-electron chi connectivity index (χ4n) is 2.22. The van der Waals surface area contributed by atoms with E-state index in [2.05, 4.69) is 5.32 Å². The largest absolute Gasteiger partial charge is 0.379 e. The third-order valence-electron chi connectivity index (χ3n) is 3.64. The maximum atomic E-state index is 12.1. The first kappa shape index (κ1) is 12.8. The van der Waals surface area contributed by atoms with Crippen molar-refractivity contribution in [2.75, 3.05) is 39.9 Å². The summed E-state index contributed by atoms with van der Waals surface area (Å²) in [4.78, 5) is 13.9. The van der Waals surface area contributed by atoms with Gasteiger partial charge in [-0.25, -0.2) is 0 Å². The first-order valence-corrected chi connectivity index (χ1v) is 6.81. The summed E-state index contributed by atoms with van der Waals surface area (Å²) in [6.07, 6.45) is 4.78. The van der Waals surface area contributed by atoms with Crippen LogP contribution in [0.4, 0.5) is 0 Å². The van der Waals surface area contributed by atoms with Crippen LogP contribution in [-0.4, -0.2) is 50.7 Å². The quantitative estimate of drug-likeness (QED) is 0.701. The molecule has 2 rings (SSSR count). The first-order valence-electron chi connectivity index (χ1n) is 6.81. The molecule has 17 heavy (non-hydrogen) atoms. The SMILES string of the molecule is CN(CCOCC1CC1)C(=O)C1CCCNC1. The zero-order chi connectivity index (χ0) is 12.1. The van der Waals surface area contributed by atoms with E-state index in [4.69, 9.17) is 4.74 Å². The maximum absolute atomic E-state index is 12.1. The van der Waals surface area contributed by atoms with E-state index in [1.165, 1.54) is 12.8 Å². The third-order valence-corrected chi connectivity index (χ3v) is 3.64.